The van der Waals surface area contributed by atoms with E-state index < -0.39 is 23.5 Å². The summed E-state index contributed by atoms with van der Waals surface area (Å²) in [6.07, 6.45) is 11.4. The van der Waals surface area contributed by atoms with Crippen LogP contribution in [0.2, 0.25) is 0 Å². The van der Waals surface area contributed by atoms with Crippen molar-refractivity contribution in [3.05, 3.63) is 4.91 Å². The van der Waals surface area contributed by atoms with Crippen LogP contribution in [0.5, 0.6) is 0 Å². The number of carboxylic acids is 1. The Morgan fingerprint density at radius 2 is 1.34 bits per heavy atom. The van der Waals surface area contributed by atoms with Crippen LogP contribution in [0.3, 0.4) is 0 Å². The Morgan fingerprint density at radius 3 is 1.95 bits per heavy atom. The van der Waals surface area contributed by atoms with Gasteiger partial charge in [-0.2, -0.15) is 35.3 Å². The van der Waals surface area contributed by atoms with Crippen molar-refractivity contribution in [3.63, 3.8) is 0 Å². The number of carbonyl (C=O) groups excluding carboxylic acids is 7. The van der Waals surface area contributed by atoms with Crippen LogP contribution in [0.1, 0.15) is 122 Å². The molecule has 11 N–H and O–H groups in total. The maximum absolute atomic E-state index is 12.8. The molecule has 0 radical (unpaired) electrons. The molecule has 430 valence electrons. The summed E-state index contributed by atoms with van der Waals surface area (Å²) in [6.45, 7) is 6.22. The summed E-state index contributed by atoms with van der Waals surface area (Å²) in [5.41, 5.74) is 9.54. The second-order valence-corrected chi connectivity index (χ2v) is 24.1. The molecule has 12 atom stereocenters. The van der Waals surface area contributed by atoms with Crippen LogP contribution >= 0.6 is 35.3 Å². The largest absolute Gasteiger partial charge is 0.480 e. The van der Waals surface area contributed by atoms with Crippen molar-refractivity contribution in [2.45, 2.75) is 180 Å². The molecular weight excluding hydrogens is 1050 g/mol. The van der Waals surface area contributed by atoms with E-state index in [2.05, 4.69) is 37.2 Å². The van der Waals surface area contributed by atoms with Gasteiger partial charge in [0.25, 0.3) is 0 Å². The number of rotatable bonds is 32. The molecule has 12 unspecified atom stereocenters. The predicted molar refractivity (Wildman–Crippen MR) is 290 cm³/mol. The fourth-order valence-corrected chi connectivity index (χ4v) is 15.8. The van der Waals surface area contributed by atoms with Gasteiger partial charge in [-0.1, -0.05) is 19.8 Å². The molecule has 23 nitrogen and oxygen atoms in total. The molecule has 1 aliphatic carbocycles. The van der Waals surface area contributed by atoms with Crippen molar-refractivity contribution in [2.24, 2.45) is 28.6 Å². The Kier molecular flexibility index (Phi) is 27.9. The van der Waals surface area contributed by atoms with E-state index in [1.165, 1.54) is 0 Å². The Hall–Kier alpha value is -3.79. The third kappa shape index (κ3) is 20.1. The van der Waals surface area contributed by atoms with Crippen molar-refractivity contribution in [2.75, 3.05) is 70.0 Å². The minimum Gasteiger partial charge on any atom is -0.480 e. The van der Waals surface area contributed by atoms with Gasteiger partial charge in [0.15, 0.2) is 10.9 Å². The van der Waals surface area contributed by atoms with E-state index >= 15 is 0 Å². The molecule has 7 aliphatic rings. The van der Waals surface area contributed by atoms with Crippen LogP contribution in [0.4, 0.5) is 9.59 Å². The first-order valence-electron chi connectivity index (χ1n) is 27.2. The number of unbranched alkanes of at least 4 members (excludes halogenated alkanes) is 3. The van der Waals surface area contributed by atoms with Crippen LogP contribution in [-0.4, -0.2) is 180 Å². The molecule has 76 heavy (non-hydrogen) atoms. The number of urea groups is 2. The molecule has 7 rings (SSSR count). The van der Waals surface area contributed by atoms with Gasteiger partial charge >= 0.3 is 18.0 Å². The monoisotopic (exact) mass is 1130 g/mol. The van der Waals surface area contributed by atoms with Gasteiger partial charge in [0.1, 0.15) is 23.4 Å². The number of carboxylic acid groups (broad SMARTS) is 1. The Balaban J connectivity index is 0.000000211. The highest BCUT2D eigenvalue weighted by atomic mass is 32.2. The van der Waals surface area contributed by atoms with E-state index in [4.69, 9.17) is 35.6 Å². The summed E-state index contributed by atoms with van der Waals surface area (Å²) in [5, 5.41) is 29.7. The lowest BCUT2D eigenvalue weighted by Crippen LogP contribution is -2.53. The van der Waals surface area contributed by atoms with Crippen LogP contribution in [0.15, 0.2) is 5.34 Å². The molecule has 6 heterocycles. The lowest BCUT2D eigenvalue weighted by Gasteiger charge is -2.38. The van der Waals surface area contributed by atoms with Gasteiger partial charge in [-0.05, 0) is 69.5 Å². The number of nitrogens with zero attached hydrogens (tertiary/aromatic N) is 1. The zero-order chi connectivity index (χ0) is 54.9. The Labute approximate surface area is 458 Å². The number of ether oxygens (including phenoxy) is 3. The van der Waals surface area contributed by atoms with Crippen LogP contribution in [-0.2, 0) is 47.8 Å². The molecule has 0 spiro atoms. The van der Waals surface area contributed by atoms with Gasteiger partial charge in [-0.25, -0.2) is 9.59 Å². The zero-order valence-electron chi connectivity index (χ0n) is 43.9. The number of thioether (sulfide) groups is 3. The summed E-state index contributed by atoms with van der Waals surface area (Å²) in [6, 6.07) is -0.0143. The number of hydrogen-bond acceptors (Lipinski definition) is 19. The van der Waals surface area contributed by atoms with Crippen molar-refractivity contribution in [1.29, 1.82) is 0 Å². The third-order valence-electron chi connectivity index (χ3n) is 14.9. The van der Waals surface area contributed by atoms with Crippen LogP contribution < -0.4 is 43.4 Å². The summed E-state index contributed by atoms with van der Waals surface area (Å²) in [4.78, 5) is 109. The van der Waals surface area contributed by atoms with Crippen LogP contribution in [0, 0.1) is 16.7 Å². The van der Waals surface area contributed by atoms with Crippen molar-refractivity contribution >= 4 is 82.5 Å². The van der Waals surface area contributed by atoms with Gasteiger partial charge < -0.3 is 67.5 Å². The molecule has 0 aromatic heterocycles. The first-order chi connectivity index (χ1) is 36.7. The number of aliphatic carboxylic acids is 1. The Morgan fingerprint density at radius 1 is 0.737 bits per heavy atom. The van der Waals surface area contributed by atoms with Gasteiger partial charge in [-0.3, -0.25) is 28.8 Å². The second-order valence-electron chi connectivity index (χ2n) is 20.4. The summed E-state index contributed by atoms with van der Waals surface area (Å²) >= 11 is 5.44. The average molecular weight is 1130 g/mol. The van der Waals surface area contributed by atoms with E-state index in [-0.39, 0.29) is 96.1 Å². The summed E-state index contributed by atoms with van der Waals surface area (Å²) in [7, 11) is 0. The molecule has 6 saturated heterocycles. The first-order valence-corrected chi connectivity index (χ1v) is 30.4. The number of fused-ring (bicyclic) bond motifs is 3. The zero-order valence-corrected chi connectivity index (χ0v) is 46.4. The highest BCUT2D eigenvalue weighted by Gasteiger charge is 2.58. The molecule has 6 aliphatic heterocycles. The van der Waals surface area contributed by atoms with Gasteiger partial charge in [0.05, 0.1) is 63.1 Å². The highest BCUT2D eigenvalue weighted by Crippen LogP contribution is 2.48. The lowest BCUT2D eigenvalue weighted by atomic mass is 9.75. The van der Waals surface area contributed by atoms with Gasteiger partial charge in [0.2, 0.25) is 11.8 Å². The van der Waals surface area contributed by atoms with Gasteiger partial charge in [-0.15, -0.1) is 4.91 Å². The molecule has 0 aromatic carbocycles. The number of amides is 6. The average Bonchev–Trinajstić information content (AvgIpc) is 4.26. The minimum atomic E-state index is -1.19. The molecule has 7 fully saturated rings. The van der Waals surface area contributed by atoms with E-state index in [0.717, 1.165) is 68.6 Å². The number of hydrogen-bond donors (Lipinski definition) is 9. The smallest absolute Gasteiger partial charge is 0.320 e. The summed E-state index contributed by atoms with van der Waals surface area (Å²) in [5.74, 6) is 1.54. The number of nitrogens with two attached hydrogens (primary N) is 2. The van der Waals surface area contributed by atoms with Crippen LogP contribution in [0.25, 0.3) is 0 Å². The number of Topliss-reactive ketones (excluding diaryl/α,β-unsaturated/α-hetero) is 3. The normalized spacial score (nSPS) is 29.4. The quantitative estimate of drug-likeness (QED) is 0.0154. The van der Waals surface area contributed by atoms with E-state index in [0.29, 0.717) is 114 Å². The molecule has 0 aromatic rings. The SMILES string of the molecule is CCC1(ON=O)CC(=O)CCC(=O)C1C1SCC2CC(=O)NC21.NC(CCCCNC(=O)CCCCC1SCC2NC(=O)NC21)C(=O)O.NCCOCCOCCOCCCC(=O)CCCCC1SCC2NC(=O)NC21. The third-order valence-corrected chi connectivity index (χ3v) is 19.5. The van der Waals surface area contributed by atoms with Crippen molar-refractivity contribution in [1.82, 2.24) is 31.9 Å². The first kappa shape index (κ1) is 63.0. The fraction of sp³-hybridized carbons (Fsp3) is 0.840. The molecular formula is C50H83N9O14S3. The molecule has 1 saturated carbocycles. The standard InChI is InChI=1S/C19H35N3O5S.C16H28N4O4S.C15H20N2O5S/c20-7-9-26-11-13-27-12-10-25-8-3-5-15(23)4-1-2-6-17-18-16(14-28-17)21-19(24)22-18;17-10(15(22)23)5-3-4-8-18-13(21)7-2-1-6-12-14-11(9-25-12)19-16(24)20-14;1-2-15(22-17-21)6-9(18)3-4-10(19)12(15)14-13-8(7-23-14)5-11(20)16-13/h16-18H,1-14,20H2,(H2,21,22,24);10-12,14H,1-9,17H2,(H,18,21)(H,22,23)(H2,19,20,24);8,12-14H,2-7H2,1H3,(H,16,20). The second kappa shape index (κ2) is 33.6. The van der Waals surface area contributed by atoms with E-state index in [1.54, 1.807) is 18.7 Å². The minimum absolute atomic E-state index is 0.000948. The maximum Gasteiger partial charge on any atom is 0.320 e. The number of ketones is 3. The number of carbonyl (C=O) groups is 8. The van der Waals surface area contributed by atoms with Crippen molar-refractivity contribution < 1.29 is 62.5 Å². The molecule has 6 amide bonds. The maximum atomic E-state index is 12.8. The predicted octanol–water partition coefficient (Wildman–Crippen LogP) is 2.87. The lowest BCUT2D eigenvalue weighted by molar-refractivity contribution is -0.144. The van der Waals surface area contributed by atoms with Crippen molar-refractivity contribution in [3.8, 4) is 0 Å². The summed E-state index contributed by atoms with van der Waals surface area (Å²) < 4.78 is 16.0. The Bertz CT molecular complexity index is 1930. The molecule has 26 heteroatoms. The van der Waals surface area contributed by atoms with Gasteiger partial charge in [0, 0.05) is 97.9 Å². The van der Waals surface area contributed by atoms with E-state index in [9.17, 15) is 43.3 Å². The topological polar surface area (TPSA) is 347 Å². The number of nitrogens with one attached hydrogen (secondary N) is 6. The van der Waals surface area contributed by atoms with E-state index in [1.807, 2.05) is 23.5 Å². The highest BCUT2D eigenvalue weighted by molar-refractivity contribution is 8.00. The fourth-order valence-electron chi connectivity index (χ4n) is 10.8. The molecule has 0 bridgehead atoms.